The molecule has 0 unspecified atom stereocenters. The normalized spacial score (nSPS) is 16.2. The molecule has 0 atom stereocenters. The fourth-order valence-electron chi connectivity index (χ4n) is 4.52. The van der Waals surface area contributed by atoms with Crippen LogP contribution in [-0.4, -0.2) is 47.6 Å². The number of piperazine rings is 1. The second kappa shape index (κ2) is 8.22. The lowest BCUT2D eigenvalue weighted by molar-refractivity contribution is -0.383. The Bertz CT molecular complexity index is 1080. The molecule has 0 spiro atoms. The fourth-order valence-corrected chi connectivity index (χ4v) is 4.52. The maximum absolute atomic E-state index is 12.2. The number of aromatic nitrogens is 2. The Morgan fingerprint density at radius 3 is 2.26 bits per heavy atom. The van der Waals surface area contributed by atoms with Gasteiger partial charge in [-0.2, -0.15) is 0 Å². The van der Waals surface area contributed by atoms with Crippen LogP contribution in [0.3, 0.4) is 0 Å². The molecule has 0 N–H and O–H groups in total. The number of benzene rings is 2. The van der Waals surface area contributed by atoms with E-state index in [1.165, 1.54) is 17.6 Å². The summed E-state index contributed by atoms with van der Waals surface area (Å²) in [6.45, 7) is 3.61. The van der Waals surface area contributed by atoms with Crippen LogP contribution in [0.15, 0.2) is 60.9 Å². The van der Waals surface area contributed by atoms with E-state index in [0.717, 1.165) is 31.6 Å². The number of anilines is 4. The maximum Gasteiger partial charge on any atom is 0.353 e. The molecule has 158 valence electrons. The lowest BCUT2D eigenvalue weighted by Crippen LogP contribution is -2.47. The van der Waals surface area contributed by atoms with Gasteiger partial charge in [-0.3, -0.25) is 10.1 Å². The molecule has 0 bridgehead atoms. The molecule has 5 rings (SSSR count). The van der Waals surface area contributed by atoms with Gasteiger partial charge in [0.25, 0.3) is 0 Å². The molecule has 2 aliphatic heterocycles. The van der Waals surface area contributed by atoms with E-state index in [1.807, 2.05) is 46.2 Å². The van der Waals surface area contributed by atoms with Crippen molar-refractivity contribution >= 4 is 28.7 Å². The first-order valence-electron chi connectivity index (χ1n) is 10.6. The molecule has 2 aromatic carbocycles. The number of fused-ring (bicyclic) bond motifs is 1. The van der Waals surface area contributed by atoms with Crippen molar-refractivity contribution in [3.63, 3.8) is 0 Å². The second-order valence-corrected chi connectivity index (χ2v) is 7.82. The third-order valence-corrected chi connectivity index (χ3v) is 6.03. The third-order valence-electron chi connectivity index (χ3n) is 6.03. The minimum absolute atomic E-state index is 0.00707. The number of hydrogen-bond acceptors (Lipinski definition) is 7. The van der Waals surface area contributed by atoms with Crippen LogP contribution in [0.4, 0.5) is 28.7 Å². The number of nitro groups is 1. The van der Waals surface area contributed by atoms with Crippen LogP contribution in [0.1, 0.15) is 12.0 Å². The number of para-hydroxylation sites is 2. The second-order valence-electron chi connectivity index (χ2n) is 7.82. The van der Waals surface area contributed by atoms with Crippen LogP contribution >= 0.6 is 0 Å². The summed E-state index contributed by atoms with van der Waals surface area (Å²) in [5, 5.41) is 12.2. The van der Waals surface area contributed by atoms with Crippen molar-refractivity contribution in [3.05, 3.63) is 76.6 Å². The van der Waals surface area contributed by atoms with E-state index in [9.17, 15) is 10.1 Å². The molecule has 3 heterocycles. The Labute approximate surface area is 180 Å². The van der Waals surface area contributed by atoms with Gasteiger partial charge in [0.15, 0.2) is 0 Å². The third kappa shape index (κ3) is 3.65. The Hall–Kier alpha value is -3.68. The zero-order chi connectivity index (χ0) is 21.2. The summed E-state index contributed by atoms with van der Waals surface area (Å²) >= 11 is 0. The van der Waals surface area contributed by atoms with Crippen molar-refractivity contribution in [1.82, 2.24) is 9.97 Å². The van der Waals surface area contributed by atoms with Crippen molar-refractivity contribution in [1.29, 1.82) is 0 Å². The molecule has 1 saturated heterocycles. The van der Waals surface area contributed by atoms with Gasteiger partial charge in [0.1, 0.15) is 6.33 Å². The van der Waals surface area contributed by atoms with E-state index in [4.69, 9.17) is 0 Å². The topological polar surface area (TPSA) is 78.6 Å². The molecule has 2 aliphatic rings. The predicted molar refractivity (Wildman–Crippen MR) is 121 cm³/mol. The van der Waals surface area contributed by atoms with E-state index in [2.05, 4.69) is 33.1 Å². The summed E-state index contributed by atoms with van der Waals surface area (Å²) in [4.78, 5) is 26.9. The van der Waals surface area contributed by atoms with Gasteiger partial charge < -0.3 is 14.7 Å². The van der Waals surface area contributed by atoms with Crippen LogP contribution in [0, 0.1) is 10.1 Å². The Morgan fingerprint density at radius 1 is 0.806 bits per heavy atom. The summed E-state index contributed by atoms with van der Waals surface area (Å²) in [5.41, 5.74) is 3.35. The molecule has 0 aliphatic carbocycles. The molecule has 0 amide bonds. The first kappa shape index (κ1) is 19.3. The van der Waals surface area contributed by atoms with Gasteiger partial charge in [-0.15, -0.1) is 0 Å². The van der Waals surface area contributed by atoms with Gasteiger partial charge in [0.2, 0.25) is 11.6 Å². The number of nitrogens with zero attached hydrogens (tertiary/aromatic N) is 6. The van der Waals surface area contributed by atoms with Crippen LogP contribution in [0.2, 0.25) is 0 Å². The standard InChI is InChI=1S/C23H24N6O2/c30-29(31)21-22(27-15-13-26(14-16-27)19-9-2-1-3-10-19)24-17-25-23(21)28-12-6-8-18-7-4-5-11-20(18)28/h1-5,7,9-11,17H,6,8,12-16H2. The zero-order valence-electron chi connectivity index (χ0n) is 17.2. The first-order chi connectivity index (χ1) is 15.2. The van der Waals surface area contributed by atoms with E-state index >= 15 is 0 Å². The summed E-state index contributed by atoms with van der Waals surface area (Å²) in [7, 11) is 0. The molecule has 1 fully saturated rings. The molecular weight excluding hydrogens is 392 g/mol. The van der Waals surface area contributed by atoms with E-state index < -0.39 is 0 Å². The Morgan fingerprint density at radius 2 is 1.48 bits per heavy atom. The van der Waals surface area contributed by atoms with E-state index in [1.54, 1.807) is 0 Å². The minimum atomic E-state index is -0.328. The van der Waals surface area contributed by atoms with Crippen molar-refractivity contribution in [3.8, 4) is 0 Å². The van der Waals surface area contributed by atoms with Crippen molar-refractivity contribution in [2.45, 2.75) is 12.8 Å². The molecule has 0 saturated carbocycles. The van der Waals surface area contributed by atoms with E-state index in [-0.39, 0.29) is 10.6 Å². The van der Waals surface area contributed by atoms with Gasteiger partial charge in [0.05, 0.1) is 4.92 Å². The summed E-state index contributed by atoms with van der Waals surface area (Å²) in [6, 6.07) is 18.3. The van der Waals surface area contributed by atoms with Gasteiger partial charge in [-0.05, 0) is 36.6 Å². The highest BCUT2D eigenvalue weighted by atomic mass is 16.6. The van der Waals surface area contributed by atoms with Crippen LogP contribution in [0.25, 0.3) is 0 Å². The Balaban J connectivity index is 1.46. The van der Waals surface area contributed by atoms with Crippen molar-refractivity contribution in [2.75, 3.05) is 47.4 Å². The molecule has 8 heteroatoms. The first-order valence-corrected chi connectivity index (χ1v) is 10.6. The summed E-state index contributed by atoms with van der Waals surface area (Å²) in [5.74, 6) is 0.790. The monoisotopic (exact) mass is 416 g/mol. The van der Waals surface area contributed by atoms with Crippen molar-refractivity contribution in [2.24, 2.45) is 0 Å². The van der Waals surface area contributed by atoms with E-state index in [0.29, 0.717) is 31.3 Å². The molecule has 8 nitrogen and oxygen atoms in total. The smallest absolute Gasteiger partial charge is 0.353 e. The highest BCUT2D eigenvalue weighted by molar-refractivity contribution is 5.78. The fraction of sp³-hybridized carbons (Fsp3) is 0.304. The molecule has 0 radical (unpaired) electrons. The quantitative estimate of drug-likeness (QED) is 0.473. The average Bonchev–Trinajstić information content (AvgIpc) is 2.84. The lowest BCUT2D eigenvalue weighted by Gasteiger charge is -2.37. The Kier molecular flexibility index (Phi) is 5.11. The highest BCUT2D eigenvalue weighted by Gasteiger charge is 2.33. The molecule has 3 aromatic rings. The van der Waals surface area contributed by atoms with Crippen molar-refractivity contribution < 1.29 is 4.92 Å². The SMILES string of the molecule is O=[N+]([O-])c1c(N2CCN(c3ccccc3)CC2)ncnc1N1CCCc2ccccc21. The average molecular weight is 416 g/mol. The maximum atomic E-state index is 12.2. The largest absolute Gasteiger partial charge is 0.368 e. The van der Waals surface area contributed by atoms with Crippen LogP contribution < -0.4 is 14.7 Å². The van der Waals surface area contributed by atoms with Gasteiger partial charge >= 0.3 is 5.69 Å². The van der Waals surface area contributed by atoms with Crippen LogP contribution in [0.5, 0.6) is 0 Å². The summed E-state index contributed by atoms with van der Waals surface area (Å²) in [6.07, 6.45) is 3.36. The zero-order valence-corrected chi connectivity index (χ0v) is 17.2. The number of aryl methyl sites for hydroxylation is 1. The van der Waals surface area contributed by atoms with Gasteiger partial charge in [0, 0.05) is 44.1 Å². The lowest BCUT2D eigenvalue weighted by atomic mass is 10.0. The predicted octanol–water partition coefficient (Wildman–Crippen LogP) is 3.80. The number of rotatable bonds is 4. The highest BCUT2D eigenvalue weighted by Crippen LogP contribution is 2.40. The minimum Gasteiger partial charge on any atom is -0.368 e. The van der Waals surface area contributed by atoms with Crippen LogP contribution in [-0.2, 0) is 6.42 Å². The summed E-state index contributed by atoms with van der Waals surface area (Å²) < 4.78 is 0. The van der Waals surface area contributed by atoms with Gasteiger partial charge in [-0.25, -0.2) is 9.97 Å². The molecule has 31 heavy (non-hydrogen) atoms. The molecular formula is C23H24N6O2. The number of hydrogen-bond donors (Lipinski definition) is 0. The molecule has 1 aromatic heterocycles. The van der Waals surface area contributed by atoms with Gasteiger partial charge in [-0.1, -0.05) is 36.4 Å².